The van der Waals surface area contributed by atoms with E-state index in [9.17, 15) is 18.3 Å². The van der Waals surface area contributed by atoms with Crippen LogP contribution in [-0.4, -0.2) is 49.5 Å². The van der Waals surface area contributed by atoms with Crippen LogP contribution in [0.2, 0.25) is 5.02 Å². The van der Waals surface area contributed by atoms with E-state index in [1.807, 2.05) is 26.0 Å². The van der Waals surface area contributed by atoms with E-state index in [2.05, 4.69) is 4.90 Å². The second-order valence-electron chi connectivity index (χ2n) is 8.25. The highest BCUT2D eigenvalue weighted by Gasteiger charge is 2.36. The number of piperidine rings is 1. The lowest BCUT2D eigenvalue weighted by atomic mass is 9.86. The Balaban J connectivity index is 1.76. The van der Waals surface area contributed by atoms with E-state index in [1.165, 1.54) is 6.07 Å². The summed E-state index contributed by atoms with van der Waals surface area (Å²) in [5.41, 5.74) is 2.89. The van der Waals surface area contributed by atoms with Gasteiger partial charge in [-0.05, 0) is 60.7 Å². The molecule has 1 fully saturated rings. The second-order valence-corrected chi connectivity index (χ2v) is 8.66. The molecule has 0 radical (unpaired) electrons. The van der Waals surface area contributed by atoms with Crippen LogP contribution in [0.15, 0.2) is 30.3 Å². The second kappa shape index (κ2) is 10.4. The topological polar surface area (TPSA) is 41.9 Å². The van der Waals surface area contributed by atoms with Gasteiger partial charge >= 0.3 is 6.18 Å². The van der Waals surface area contributed by atoms with Gasteiger partial charge in [0.1, 0.15) is 12.4 Å². The third-order valence-electron chi connectivity index (χ3n) is 6.17. The van der Waals surface area contributed by atoms with Crippen molar-refractivity contribution in [2.45, 2.75) is 45.0 Å². The zero-order chi connectivity index (χ0) is 23.5. The molecule has 0 amide bonds. The Kier molecular flexibility index (Phi) is 8.09. The summed E-state index contributed by atoms with van der Waals surface area (Å²) in [6.07, 6.45) is -4.74. The fraction of sp³-hybridized carbons (Fsp3) is 0.500. The van der Waals surface area contributed by atoms with Gasteiger partial charge in [-0.3, -0.25) is 4.90 Å². The Morgan fingerprint density at radius 1 is 1.12 bits per heavy atom. The van der Waals surface area contributed by atoms with E-state index in [4.69, 9.17) is 21.1 Å². The number of hydrogen-bond acceptors (Lipinski definition) is 4. The molecule has 0 saturated carbocycles. The number of hydrogen-bond donors (Lipinski definition) is 1. The smallest absolute Gasteiger partial charge is 0.417 e. The van der Waals surface area contributed by atoms with Crippen LogP contribution in [0.1, 0.15) is 40.2 Å². The summed E-state index contributed by atoms with van der Waals surface area (Å²) in [4.78, 5) is 2.17. The molecule has 0 spiro atoms. The van der Waals surface area contributed by atoms with Crippen LogP contribution >= 0.6 is 11.6 Å². The summed E-state index contributed by atoms with van der Waals surface area (Å²) >= 11 is 5.77. The van der Waals surface area contributed by atoms with Crippen LogP contribution in [0.4, 0.5) is 13.2 Å². The van der Waals surface area contributed by atoms with E-state index >= 15 is 0 Å². The number of aliphatic hydroxyl groups excluding tert-OH is 1. The minimum absolute atomic E-state index is 0.331. The molecule has 2 aromatic carbocycles. The number of rotatable bonds is 7. The van der Waals surface area contributed by atoms with Crippen LogP contribution in [0, 0.1) is 13.8 Å². The van der Waals surface area contributed by atoms with E-state index in [0.717, 1.165) is 28.5 Å². The summed E-state index contributed by atoms with van der Waals surface area (Å²) in [6.45, 7) is 6.82. The zero-order valence-electron chi connectivity index (χ0n) is 18.5. The molecule has 2 unspecified atom stereocenters. The number of methoxy groups -OCH3 is 1. The number of ether oxygens (including phenoxy) is 2. The lowest BCUT2D eigenvalue weighted by molar-refractivity contribution is -0.137. The largest absolute Gasteiger partial charge is 0.491 e. The van der Waals surface area contributed by atoms with Crippen molar-refractivity contribution in [3.8, 4) is 5.75 Å². The quantitative estimate of drug-likeness (QED) is 0.553. The number of aliphatic hydroxyl groups is 1. The average Bonchev–Trinajstić information content (AvgIpc) is 2.74. The first-order chi connectivity index (χ1) is 15.1. The number of likely N-dealkylation sites (tertiary alicyclic amines) is 1. The molecule has 8 heteroatoms. The molecule has 2 atom stereocenters. The van der Waals surface area contributed by atoms with Crippen molar-refractivity contribution in [3.63, 3.8) is 0 Å². The fourth-order valence-electron chi connectivity index (χ4n) is 4.12. The predicted octanol–water partition coefficient (Wildman–Crippen LogP) is 5.35. The lowest BCUT2D eigenvalue weighted by Gasteiger charge is -2.37. The van der Waals surface area contributed by atoms with Crippen molar-refractivity contribution in [1.82, 2.24) is 4.90 Å². The Hall–Kier alpha value is -1.80. The van der Waals surface area contributed by atoms with E-state index in [0.29, 0.717) is 44.8 Å². The molecule has 2 aromatic rings. The van der Waals surface area contributed by atoms with Crippen molar-refractivity contribution >= 4 is 11.6 Å². The first-order valence-corrected chi connectivity index (χ1v) is 11.0. The Bertz CT molecular complexity index is 935. The molecule has 32 heavy (non-hydrogen) atoms. The Labute approximate surface area is 191 Å². The SMILES string of the molecule is COCCOc1ccc(CN2CCC(O)C(c3ccc(Cl)c(C(F)(F)F)c3)C2)c(C)c1C. The van der Waals surface area contributed by atoms with Crippen LogP contribution < -0.4 is 4.74 Å². The molecule has 0 bridgehead atoms. The molecule has 1 saturated heterocycles. The summed E-state index contributed by atoms with van der Waals surface area (Å²) in [7, 11) is 1.63. The van der Waals surface area contributed by atoms with Gasteiger partial charge in [-0.25, -0.2) is 0 Å². The third-order valence-corrected chi connectivity index (χ3v) is 6.50. The van der Waals surface area contributed by atoms with E-state index in [1.54, 1.807) is 13.2 Å². The normalized spacial score (nSPS) is 19.9. The minimum atomic E-state index is -4.53. The summed E-state index contributed by atoms with van der Waals surface area (Å²) in [5, 5.41) is 10.2. The third kappa shape index (κ3) is 5.76. The Morgan fingerprint density at radius 2 is 1.88 bits per heavy atom. The summed E-state index contributed by atoms with van der Waals surface area (Å²) < 4.78 is 50.7. The molecule has 4 nitrogen and oxygen atoms in total. The zero-order valence-corrected chi connectivity index (χ0v) is 19.3. The molecule has 1 aliphatic rings. The maximum Gasteiger partial charge on any atom is 0.417 e. The maximum atomic E-state index is 13.3. The van der Waals surface area contributed by atoms with Gasteiger partial charge in [-0.2, -0.15) is 13.2 Å². The number of halogens is 4. The fourth-order valence-corrected chi connectivity index (χ4v) is 4.35. The number of alkyl halides is 3. The molecular formula is C24H29ClF3NO3. The van der Waals surface area contributed by atoms with Crippen molar-refractivity contribution in [1.29, 1.82) is 0 Å². The maximum absolute atomic E-state index is 13.3. The summed E-state index contributed by atoms with van der Waals surface area (Å²) in [5.74, 6) is 0.399. The average molecular weight is 472 g/mol. The number of nitrogens with zero attached hydrogens (tertiary/aromatic N) is 1. The molecule has 1 heterocycles. The molecule has 3 rings (SSSR count). The van der Waals surface area contributed by atoms with Gasteiger partial charge in [-0.1, -0.05) is 23.7 Å². The molecule has 0 aromatic heterocycles. The predicted molar refractivity (Wildman–Crippen MR) is 118 cm³/mol. The molecule has 176 valence electrons. The monoisotopic (exact) mass is 471 g/mol. The highest BCUT2D eigenvalue weighted by Crippen LogP contribution is 2.38. The van der Waals surface area contributed by atoms with Gasteiger partial charge in [0.05, 0.1) is 23.3 Å². The minimum Gasteiger partial charge on any atom is -0.491 e. The van der Waals surface area contributed by atoms with Crippen molar-refractivity contribution in [2.75, 3.05) is 33.4 Å². The van der Waals surface area contributed by atoms with E-state index < -0.39 is 23.8 Å². The van der Waals surface area contributed by atoms with Gasteiger partial charge in [0, 0.05) is 32.7 Å². The highest BCUT2D eigenvalue weighted by atomic mass is 35.5. The number of benzene rings is 2. The van der Waals surface area contributed by atoms with Crippen LogP contribution in [0.3, 0.4) is 0 Å². The summed E-state index contributed by atoms with van der Waals surface area (Å²) in [6, 6.07) is 7.88. The molecular weight excluding hydrogens is 443 g/mol. The lowest BCUT2D eigenvalue weighted by Crippen LogP contribution is -2.41. The van der Waals surface area contributed by atoms with Crippen LogP contribution in [0.25, 0.3) is 0 Å². The van der Waals surface area contributed by atoms with Crippen molar-refractivity contribution < 1.29 is 27.8 Å². The van der Waals surface area contributed by atoms with Gasteiger partial charge in [0.15, 0.2) is 0 Å². The van der Waals surface area contributed by atoms with Crippen molar-refractivity contribution in [3.05, 3.63) is 63.2 Å². The standard InChI is InChI=1S/C24H29ClF3NO3/c1-15-16(2)23(32-11-10-31-3)7-5-18(15)13-29-9-8-22(30)19(14-29)17-4-6-21(25)20(12-17)24(26,27)28/h4-7,12,19,22,30H,8-11,13-14H2,1-3H3. The van der Waals surface area contributed by atoms with Crippen molar-refractivity contribution in [2.24, 2.45) is 0 Å². The first-order valence-electron chi connectivity index (χ1n) is 10.6. The van der Waals surface area contributed by atoms with Gasteiger partial charge in [0.25, 0.3) is 0 Å². The molecule has 1 N–H and O–H groups in total. The first kappa shape index (κ1) is 24.8. The molecule has 0 aliphatic carbocycles. The van der Waals surface area contributed by atoms with Gasteiger partial charge in [-0.15, -0.1) is 0 Å². The highest BCUT2D eigenvalue weighted by molar-refractivity contribution is 6.31. The van der Waals surface area contributed by atoms with Gasteiger partial charge < -0.3 is 14.6 Å². The van der Waals surface area contributed by atoms with E-state index in [-0.39, 0.29) is 5.02 Å². The van der Waals surface area contributed by atoms with Crippen LogP contribution in [-0.2, 0) is 17.5 Å². The van der Waals surface area contributed by atoms with Crippen LogP contribution in [0.5, 0.6) is 5.75 Å². The molecule has 1 aliphatic heterocycles. The Morgan fingerprint density at radius 3 is 2.56 bits per heavy atom. The van der Waals surface area contributed by atoms with Gasteiger partial charge in [0.2, 0.25) is 0 Å².